The molecule has 0 saturated carbocycles. The maximum atomic E-state index is 13.5. The highest BCUT2D eigenvalue weighted by Crippen LogP contribution is 2.32. The molecule has 4 rings (SSSR count). The Bertz CT molecular complexity index is 1570. The number of methoxy groups -OCH3 is 1. The third-order valence-electron chi connectivity index (χ3n) is 5.50. The van der Waals surface area contributed by atoms with E-state index < -0.39 is 18.0 Å². The summed E-state index contributed by atoms with van der Waals surface area (Å²) >= 11 is 7.20. The Hall–Kier alpha value is -3.89. The van der Waals surface area contributed by atoms with E-state index in [-0.39, 0.29) is 28.3 Å². The Morgan fingerprint density at radius 3 is 2.72 bits per heavy atom. The first-order valence-electron chi connectivity index (χ1n) is 10.9. The highest BCUT2D eigenvalue weighted by molar-refractivity contribution is 7.07. The third-order valence-corrected chi connectivity index (χ3v) is 6.79. The number of rotatable bonds is 7. The Morgan fingerprint density at radius 1 is 1.28 bits per heavy atom. The summed E-state index contributed by atoms with van der Waals surface area (Å²) in [6, 6.07) is 10.8. The van der Waals surface area contributed by atoms with Crippen LogP contribution in [0.3, 0.4) is 0 Å². The molecule has 1 atom stereocenters. The number of hydrogen-bond donors (Lipinski definition) is 2. The fourth-order valence-electron chi connectivity index (χ4n) is 3.85. The monoisotopic (exact) mass is 527 g/mol. The number of benzene rings is 2. The van der Waals surface area contributed by atoms with Gasteiger partial charge in [-0.1, -0.05) is 35.1 Å². The number of carboxylic acids is 1. The lowest BCUT2D eigenvalue weighted by atomic mass is 9.95. The number of nitrogens with zero attached hydrogens (tertiary/aromatic N) is 2. The Labute approximate surface area is 214 Å². The van der Waals surface area contributed by atoms with Gasteiger partial charge in [-0.2, -0.15) is 0 Å². The van der Waals surface area contributed by atoms with Crippen molar-refractivity contribution in [1.29, 1.82) is 0 Å². The van der Waals surface area contributed by atoms with Gasteiger partial charge in [0.1, 0.15) is 10.3 Å². The molecule has 0 saturated heterocycles. The number of carboxylic acid groups (broad SMARTS) is 1. The lowest BCUT2D eigenvalue weighted by Gasteiger charge is -2.24. The van der Waals surface area contributed by atoms with E-state index in [1.54, 1.807) is 45.2 Å². The maximum absolute atomic E-state index is 13.5. The largest absolute Gasteiger partial charge is 0.497 e. The number of nitrogens with one attached hydrogen (secondary N) is 1. The highest BCUT2D eigenvalue weighted by Gasteiger charge is 2.33. The van der Waals surface area contributed by atoms with E-state index >= 15 is 0 Å². The molecule has 0 amide bonds. The first-order valence-corrected chi connectivity index (χ1v) is 12.1. The quantitative estimate of drug-likeness (QED) is 0.453. The summed E-state index contributed by atoms with van der Waals surface area (Å²) in [6.07, 6.45) is 1.50. The molecular formula is C25H22ClN3O6S. The van der Waals surface area contributed by atoms with Gasteiger partial charge in [-0.25, -0.2) is 14.6 Å². The second-order valence-electron chi connectivity index (χ2n) is 7.72. The van der Waals surface area contributed by atoms with E-state index in [0.717, 1.165) is 11.3 Å². The third kappa shape index (κ3) is 4.77. The normalized spacial score (nSPS) is 15.2. The molecule has 1 aromatic heterocycles. The van der Waals surface area contributed by atoms with Gasteiger partial charge in [-0.15, -0.1) is 0 Å². The number of fused-ring (bicyclic) bond motifs is 1. The van der Waals surface area contributed by atoms with Crippen molar-refractivity contribution in [3.63, 3.8) is 0 Å². The molecule has 11 heteroatoms. The van der Waals surface area contributed by atoms with E-state index in [2.05, 4.69) is 10.3 Å². The molecule has 186 valence electrons. The predicted octanol–water partition coefficient (Wildman–Crippen LogP) is 3.18. The number of hydrogen-bond acceptors (Lipinski definition) is 8. The van der Waals surface area contributed by atoms with E-state index in [1.807, 2.05) is 6.07 Å². The summed E-state index contributed by atoms with van der Waals surface area (Å²) in [6.45, 7) is 3.60. The molecule has 0 unspecified atom stereocenters. The number of halogens is 1. The number of aromatic carboxylic acids is 1. The van der Waals surface area contributed by atoms with Gasteiger partial charge in [0.15, 0.2) is 4.80 Å². The van der Waals surface area contributed by atoms with Crippen molar-refractivity contribution in [3.05, 3.63) is 89.6 Å². The van der Waals surface area contributed by atoms with Gasteiger partial charge in [0, 0.05) is 11.9 Å². The van der Waals surface area contributed by atoms with Crippen LogP contribution >= 0.6 is 22.9 Å². The first-order chi connectivity index (χ1) is 17.2. The number of ether oxygens (including phenoxy) is 2. The molecule has 0 bridgehead atoms. The van der Waals surface area contributed by atoms with Crippen LogP contribution in [0.25, 0.3) is 6.20 Å². The molecule has 0 radical (unpaired) electrons. The smallest absolute Gasteiger partial charge is 0.338 e. The van der Waals surface area contributed by atoms with Crippen molar-refractivity contribution in [2.24, 2.45) is 4.99 Å². The van der Waals surface area contributed by atoms with E-state index in [9.17, 15) is 14.4 Å². The van der Waals surface area contributed by atoms with Gasteiger partial charge in [0.05, 0.1) is 41.6 Å². The standard InChI is InChI=1S/C25H22ClN3O6S/c1-4-35-24(33)20-13(2)28-25-29(21(20)14-6-5-7-16(10-14)34-3)22(30)19(36-25)12-27-15-8-9-17(23(31)32)18(26)11-15/h5-12,21,27H,4H2,1-3H3,(H,31,32)/b19-12-/t21-/m1/s1. The van der Waals surface area contributed by atoms with Crippen molar-refractivity contribution in [2.75, 3.05) is 19.0 Å². The Balaban J connectivity index is 1.83. The molecule has 1 aliphatic rings. The van der Waals surface area contributed by atoms with Crippen LogP contribution in [0.4, 0.5) is 5.69 Å². The van der Waals surface area contributed by atoms with Gasteiger partial charge in [0.25, 0.3) is 5.56 Å². The van der Waals surface area contributed by atoms with Gasteiger partial charge in [0.2, 0.25) is 0 Å². The number of anilines is 1. The first kappa shape index (κ1) is 25.2. The zero-order chi connectivity index (χ0) is 26.0. The summed E-state index contributed by atoms with van der Waals surface area (Å²) in [7, 11) is 1.54. The number of carbonyl (C=O) groups is 2. The number of carbonyl (C=O) groups excluding carboxylic acids is 1. The van der Waals surface area contributed by atoms with Gasteiger partial charge >= 0.3 is 11.9 Å². The highest BCUT2D eigenvalue weighted by atomic mass is 35.5. The number of aromatic nitrogens is 1. The van der Waals surface area contributed by atoms with Crippen LogP contribution in [0.1, 0.15) is 35.8 Å². The molecule has 3 aromatic rings. The molecule has 2 aromatic carbocycles. The lowest BCUT2D eigenvalue weighted by molar-refractivity contribution is -0.139. The molecule has 2 N–H and O–H groups in total. The average molecular weight is 528 g/mol. The average Bonchev–Trinajstić information content (AvgIpc) is 3.16. The molecule has 2 heterocycles. The molecular weight excluding hydrogens is 506 g/mol. The fourth-order valence-corrected chi connectivity index (χ4v) is 5.08. The van der Waals surface area contributed by atoms with Gasteiger partial charge < -0.3 is 19.9 Å². The minimum atomic E-state index is -1.13. The summed E-state index contributed by atoms with van der Waals surface area (Å²) in [5, 5.41) is 12.2. The predicted molar refractivity (Wildman–Crippen MR) is 136 cm³/mol. The summed E-state index contributed by atoms with van der Waals surface area (Å²) in [5.41, 5.74) is 1.52. The molecule has 1 aliphatic heterocycles. The molecule has 36 heavy (non-hydrogen) atoms. The van der Waals surface area contributed by atoms with Crippen molar-refractivity contribution < 1.29 is 24.2 Å². The Morgan fingerprint density at radius 2 is 2.06 bits per heavy atom. The van der Waals surface area contributed by atoms with Crippen molar-refractivity contribution in [1.82, 2.24) is 4.57 Å². The minimum Gasteiger partial charge on any atom is -0.497 e. The van der Waals surface area contributed by atoms with Crippen LogP contribution in [0.2, 0.25) is 5.02 Å². The van der Waals surface area contributed by atoms with E-state index in [4.69, 9.17) is 26.2 Å². The number of allylic oxidation sites excluding steroid dienone is 1. The molecule has 0 fully saturated rings. The second kappa shape index (κ2) is 10.4. The zero-order valence-electron chi connectivity index (χ0n) is 19.6. The van der Waals surface area contributed by atoms with E-state index in [0.29, 0.717) is 32.0 Å². The summed E-state index contributed by atoms with van der Waals surface area (Å²) in [5.74, 6) is -1.10. The van der Waals surface area contributed by atoms with Gasteiger partial charge in [-0.3, -0.25) is 9.36 Å². The molecule has 0 spiro atoms. The van der Waals surface area contributed by atoms with Crippen molar-refractivity contribution in [2.45, 2.75) is 19.9 Å². The lowest BCUT2D eigenvalue weighted by Crippen LogP contribution is -2.40. The van der Waals surface area contributed by atoms with Gasteiger partial charge in [-0.05, 0) is 49.7 Å². The topological polar surface area (TPSA) is 119 Å². The Kier molecular flexibility index (Phi) is 7.27. The van der Waals surface area contributed by atoms with Crippen LogP contribution in [-0.2, 0) is 9.53 Å². The van der Waals surface area contributed by atoms with Crippen LogP contribution < -0.4 is 24.9 Å². The minimum absolute atomic E-state index is 0.0261. The SMILES string of the molecule is CCOC(=O)C1=C(C)N=c2s/c(=C\Nc3ccc(C(=O)O)c(Cl)c3)c(=O)n2[C@@H]1c1cccc(OC)c1. The molecule has 0 aliphatic carbocycles. The van der Waals surface area contributed by atoms with Crippen LogP contribution in [0.15, 0.2) is 63.5 Å². The van der Waals surface area contributed by atoms with E-state index in [1.165, 1.54) is 22.9 Å². The summed E-state index contributed by atoms with van der Waals surface area (Å²) in [4.78, 5) is 42.6. The number of esters is 1. The fraction of sp³-hybridized carbons (Fsp3) is 0.200. The number of thiazole rings is 1. The van der Waals surface area contributed by atoms with Crippen LogP contribution in [0, 0.1) is 0 Å². The van der Waals surface area contributed by atoms with Crippen molar-refractivity contribution >= 4 is 46.8 Å². The zero-order valence-corrected chi connectivity index (χ0v) is 21.1. The van der Waals surface area contributed by atoms with Crippen LogP contribution in [0.5, 0.6) is 5.75 Å². The molecule has 9 nitrogen and oxygen atoms in total. The summed E-state index contributed by atoms with van der Waals surface area (Å²) < 4.78 is 12.4. The second-order valence-corrected chi connectivity index (χ2v) is 9.14. The maximum Gasteiger partial charge on any atom is 0.338 e. The van der Waals surface area contributed by atoms with Crippen molar-refractivity contribution in [3.8, 4) is 5.75 Å². The van der Waals surface area contributed by atoms with Crippen LogP contribution in [-0.4, -0.2) is 35.3 Å².